The molecule has 0 aliphatic carbocycles. The monoisotopic (exact) mass is 414 g/mol. The van der Waals surface area contributed by atoms with Crippen molar-refractivity contribution in [2.45, 2.75) is 33.2 Å². The normalized spacial score (nSPS) is 16.3. The summed E-state index contributed by atoms with van der Waals surface area (Å²) in [6.45, 7) is 10.1. The lowest BCUT2D eigenvalue weighted by Gasteiger charge is -2.38. The summed E-state index contributed by atoms with van der Waals surface area (Å²) in [5.41, 5.74) is 1.37. The number of nitrogens with zero attached hydrogens (tertiary/aromatic N) is 2. The first-order chi connectivity index (χ1) is 13.7. The van der Waals surface area contributed by atoms with Crippen LogP contribution in [0.5, 0.6) is 0 Å². The molecule has 154 valence electrons. The number of rotatable bonds is 5. The zero-order chi connectivity index (χ0) is 21.2. The minimum atomic E-state index is -0.581. The van der Waals surface area contributed by atoms with Gasteiger partial charge < -0.3 is 9.80 Å². The van der Waals surface area contributed by atoms with Crippen LogP contribution in [0.25, 0.3) is 0 Å². The van der Waals surface area contributed by atoms with E-state index in [2.05, 4.69) is 6.58 Å². The summed E-state index contributed by atoms with van der Waals surface area (Å²) in [5, 5.41) is 2.03. The average molecular weight is 415 g/mol. The van der Waals surface area contributed by atoms with E-state index in [1.807, 2.05) is 37.1 Å². The van der Waals surface area contributed by atoms with Crippen LogP contribution in [0, 0.1) is 11.2 Å². The number of hydrogen-bond acceptors (Lipinski definition) is 3. The second kappa shape index (κ2) is 8.49. The second-order valence-corrected chi connectivity index (χ2v) is 9.32. The summed E-state index contributed by atoms with van der Waals surface area (Å²) in [7, 11) is 0. The quantitative estimate of drug-likeness (QED) is 0.680. The van der Waals surface area contributed by atoms with Crippen LogP contribution >= 0.6 is 11.3 Å². The van der Waals surface area contributed by atoms with Gasteiger partial charge in [-0.05, 0) is 41.1 Å². The first kappa shape index (κ1) is 21.2. The number of hydrogen-bond donors (Lipinski definition) is 0. The van der Waals surface area contributed by atoms with Gasteiger partial charge in [-0.2, -0.15) is 0 Å². The summed E-state index contributed by atoms with van der Waals surface area (Å²) < 4.78 is 13.5. The molecule has 6 heteroatoms. The Labute approximate surface area is 175 Å². The Morgan fingerprint density at radius 1 is 1.28 bits per heavy atom. The van der Waals surface area contributed by atoms with Crippen LogP contribution < -0.4 is 0 Å². The van der Waals surface area contributed by atoms with Crippen molar-refractivity contribution in [2.75, 3.05) is 19.6 Å². The molecule has 0 radical (unpaired) electrons. The Kier molecular flexibility index (Phi) is 6.22. The number of benzene rings is 1. The number of carbonyl (C=O) groups excluding carboxylic acids is 2. The molecule has 0 saturated heterocycles. The Morgan fingerprint density at radius 2 is 1.97 bits per heavy atom. The summed E-state index contributed by atoms with van der Waals surface area (Å²) in [4.78, 5) is 30.7. The third-order valence-electron chi connectivity index (χ3n) is 5.08. The third kappa shape index (κ3) is 4.58. The number of amides is 2. The molecule has 2 heterocycles. The minimum Gasteiger partial charge on any atom is -0.330 e. The number of carbonyl (C=O) groups is 2. The van der Waals surface area contributed by atoms with E-state index >= 15 is 0 Å². The summed E-state index contributed by atoms with van der Waals surface area (Å²) in [5.74, 6) is -0.506. The summed E-state index contributed by atoms with van der Waals surface area (Å²) in [6.07, 6.45) is 2.42. The smallest absolute Gasteiger partial charge is 0.243 e. The van der Waals surface area contributed by atoms with Crippen LogP contribution in [0.15, 0.2) is 48.4 Å². The van der Waals surface area contributed by atoms with Crippen LogP contribution in [-0.4, -0.2) is 41.2 Å². The lowest BCUT2D eigenvalue weighted by atomic mass is 9.92. The molecule has 0 bridgehead atoms. The second-order valence-electron chi connectivity index (χ2n) is 8.31. The molecule has 4 nitrogen and oxygen atoms in total. The standard InChI is InChI=1S/C23H27FN2O2S/c1-5-12-25(22(28)23(2,3)4)15-20(27)26-13-10-19-18(11-14-29-19)21(26)16-6-8-17(24)9-7-16/h5-9,11,14,21H,1,10,12-13,15H2,2-4H3. The fraction of sp³-hybridized carbons (Fsp3) is 0.391. The molecule has 1 aliphatic rings. The van der Waals surface area contributed by atoms with Crippen molar-refractivity contribution in [2.24, 2.45) is 5.41 Å². The summed E-state index contributed by atoms with van der Waals surface area (Å²) >= 11 is 1.68. The molecule has 1 aromatic heterocycles. The highest BCUT2D eigenvalue weighted by atomic mass is 32.1. The van der Waals surface area contributed by atoms with Gasteiger partial charge in [-0.1, -0.05) is 39.0 Å². The van der Waals surface area contributed by atoms with Crippen LogP contribution in [0.1, 0.15) is 42.8 Å². The van der Waals surface area contributed by atoms with Crippen molar-refractivity contribution in [1.82, 2.24) is 9.80 Å². The van der Waals surface area contributed by atoms with Gasteiger partial charge in [0, 0.05) is 23.4 Å². The Hall–Kier alpha value is -2.47. The average Bonchev–Trinajstić information content (AvgIpc) is 3.15. The van der Waals surface area contributed by atoms with E-state index in [1.165, 1.54) is 17.0 Å². The van der Waals surface area contributed by atoms with Gasteiger partial charge >= 0.3 is 0 Å². The maximum Gasteiger partial charge on any atom is 0.243 e. The molecule has 29 heavy (non-hydrogen) atoms. The first-order valence-corrected chi connectivity index (χ1v) is 10.6. The molecule has 1 aromatic carbocycles. The molecule has 0 N–H and O–H groups in total. The highest BCUT2D eigenvalue weighted by molar-refractivity contribution is 7.10. The topological polar surface area (TPSA) is 40.6 Å². The number of thiophene rings is 1. The Morgan fingerprint density at radius 3 is 2.59 bits per heavy atom. The molecule has 3 rings (SSSR count). The van der Waals surface area contributed by atoms with E-state index in [1.54, 1.807) is 34.4 Å². The molecule has 0 spiro atoms. The largest absolute Gasteiger partial charge is 0.330 e. The lowest BCUT2D eigenvalue weighted by Crippen LogP contribution is -2.49. The number of halogens is 1. The van der Waals surface area contributed by atoms with Gasteiger partial charge in [-0.15, -0.1) is 17.9 Å². The van der Waals surface area contributed by atoms with E-state index in [-0.39, 0.29) is 30.2 Å². The van der Waals surface area contributed by atoms with Gasteiger partial charge in [0.15, 0.2) is 0 Å². The van der Waals surface area contributed by atoms with Crippen LogP contribution in [0.2, 0.25) is 0 Å². The van der Waals surface area contributed by atoms with Gasteiger partial charge in [0.05, 0.1) is 6.04 Å². The number of fused-ring (bicyclic) bond motifs is 1. The molecule has 2 aromatic rings. The maximum absolute atomic E-state index is 13.5. The minimum absolute atomic E-state index is 0.000706. The van der Waals surface area contributed by atoms with E-state index in [0.29, 0.717) is 13.1 Å². The molecular weight excluding hydrogens is 387 g/mol. The lowest BCUT2D eigenvalue weighted by molar-refractivity contribution is -0.145. The maximum atomic E-state index is 13.5. The molecular formula is C23H27FN2O2S. The molecule has 1 aliphatic heterocycles. The van der Waals surface area contributed by atoms with Crippen molar-refractivity contribution in [1.29, 1.82) is 0 Å². The van der Waals surface area contributed by atoms with Gasteiger partial charge in [-0.3, -0.25) is 9.59 Å². The van der Waals surface area contributed by atoms with Crippen molar-refractivity contribution >= 4 is 23.2 Å². The highest BCUT2D eigenvalue weighted by Crippen LogP contribution is 2.38. The van der Waals surface area contributed by atoms with Gasteiger partial charge in [0.1, 0.15) is 12.4 Å². The SMILES string of the molecule is C=CCN(CC(=O)N1CCc2sccc2C1c1ccc(F)cc1)C(=O)C(C)(C)C. The zero-order valence-electron chi connectivity index (χ0n) is 17.2. The predicted molar refractivity (Wildman–Crippen MR) is 114 cm³/mol. The predicted octanol–water partition coefficient (Wildman–Crippen LogP) is 4.42. The van der Waals surface area contributed by atoms with Crippen LogP contribution in [0.4, 0.5) is 4.39 Å². The molecule has 0 fully saturated rings. The summed E-state index contributed by atoms with van der Waals surface area (Å²) in [6, 6.07) is 8.07. The van der Waals surface area contributed by atoms with Crippen LogP contribution in [0.3, 0.4) is 0 Å². The van der Waals surface area contributed by atoms with E-state index in [9.17, 15) is 14.0 Å². The fourth-order valence-corrected chi connectivity index (χ4v) is 4.60. The van der Waals surface area contributed by atoms with Crippen LogP contribution in [-0.2, 0) is 16.0 Å². The molecule has 1 atom stereocenters. The van der Waals surface area contributed by atoms with E-state index in [0.717, 1.165) is 17.5 Å². The third-order valence-corrected chi connectivity index (χ3v) is 6.07. The Bertz CT molecular complexity index is 898. The van der Waals surface area contributed by atoms with Gasteiger partial charge in [-0.25, -0.2) is 4.39 Å². The first-order valence-electron chi connectivity index (χ1n) is 9.74. The van der Waals surface area contributed by atoms with Crippen molar-refractivity contribution < 1.29 is 14.0 Å². The van der Waals surface area contributed by atoms with Crippen molar-refractivity contribution in [3.63, 3.8) is 0 Å². The molecule has 2 amide bonds. The highest BCUT2D eigenvalue weighted by Gasteiger charge is 2.35. The molecule has 0 saturated carbocycles. The Balaban J connectivity index is 1.90. The van der Waals surface area contributed by atoms with Crippen molar-refractivity contribution in [3.8, 4) is 0 Å². The van der Waals surface area contributed by atoms with E-state index in [4.69, 9.17) is 0 Å². The van der Waals surface area contributed by atoms with E-state index < -0.39 is 5.41 Å². The van der Waals surface area contributed by atoms with Gasteiger partial charge in [0.25, 0.3) is 0 Å². The molecule has 1 unspecified atom stereocenters. The van der Waals surface area contributed by atoms with Gasteiger partial charge in [0.2, 0.25) is 11.8 Å². The zero-order valence-corrected chi connectivity index (χ0v) is 18.0. The van der Waals surface area contributed by atoms with Crippen molar-refractivity contribution in [3.05, 3.63) is 70.2 Å². The fourth-order valence-electron chi connectivity index (χ4n) is 3.69.